The molecule has 0 amide bonds. The average molecular weight is 220 g/mol. The van der Waals surface area contributed by atoms with E-state index in [1.807, 2.05) is 0 Å². The van der Waals surface area contributed by atoms with Crippen molar-refractivity contribution in [3.8, 4) is 0 Å². The predicted molar refractivity (Wildman–Crippen MR) is 67.1 cm³/mol. The van der Waals surface area contributed by atoms with Crippen molar-refractivity contribution >= 4 is 5.78 Å². The maximum atomic E-state index is 11.8. The minimum Gasteiger partial charge on any atom is -0.299 e. The Morgan fingerprint density at radius 3 is 2.69 bits per heavy atom. The molecule has 2 rings (SSSR count). The van der Waals surface area contributed by atoms with Gasteiger partial charge in [-0.25, -0.2) is 0 Å². The Labute approximate surface area is 99.3 Å². The lowest BCUT2D eigenvalue weighted by Gasteiger charge is -2.45. The van der Waals surface area contributed by atoms with Crippen molar-refractivity contribution in [2.45, 2.75) is 46.5 Å². The summed E-state index contributed by atoms with van der Waals surface area (Å²) in [7, 11) is 0. The predicted octanol–water partition coefficient (Wildman–Crippen LogP) is 3.84. The lowest BCUT2D eigenvalue weighted by molar-refractivity contribution is -0.127. The van der Waals surface area contributed by atoms with Gasteiger partial charge in [0.1, 0.15) is 5.78 Å². The van der Waals surface area contributed by atoms with Crippen LogP contribution in [0.2, 0.25) is 0 Å². The van der Waals surface area contributed by atoms with Crippen molar-refractivity contribution < 1.29 is 4.79 Å². The molecule has 2 fully saturated rings. The first-order valence-corrected chi connectivity index (χ1v) is 6.71. The monoisotopic (exact) mass is 220 g/mol. The molecule has 0 heterocycles. The number of hydrogen-bond donors (Lipinski definition) is 0. The molecule has 16 heavy (non-hydrogen) atoms. The molecule has 1 heteroatoms. The van der Waals surface area contributed by atoms with Gasteiger partial charge in [-0.2, -0.15) is 0 Å². The lowest BCUT2D eigenvalue weighted by Crippen LogP contribution is -2.40. The summed E-state index contributed by atoms with van der Waals surface area (Å²) < 4.78 is 0. The summed E-state index contributed by atoms with van der Waals surface area (Å²) >= 11 is 0. The maximum Gasteiger partial charge on any atom is 0.136 e. The molecule has 0 saturated heterocycles. The molecule has 0 aromatic rings. The molecular formula is C15H24O. The number of carbonyl (C=O) groups excluding carboxylic acids is 1. The van der Waals surface area contributed by atoms with Crippen LogP contribution in [0.4, 0.5) is 0 Å². The summed E-state index contributed by atoms with van der Waals surface area (Å²) in [6.45, 7) is 11.0. The molecule has 0 radical (unpaired) electrons. The van der Waals surface area contributed by atoms with Gasteiger partial charge in [0.25, 0.3) is 0 Å². The normalized spacial score (nSPS) is 40.0. The van der Waals surface area contributed by atoms with Gasteiger partial charge < -0.3 is 0 Å². The summed E-state index contributed by atoms with van der Waals surface area (Å²) in [5.41, 5.74) is 1.35. The highest BCUT2D eigenvalue weighted by atomic mass is 16.1. The van der Waals surface area contributed by atoms with Crippen LogP contribution in [0, 0.1) is 29.6 Å². The van der Waals surface area contributed by atoms with Gasteiger partial charge in [0.2, 0.25) is 0 Å². The molecule has 4 unspecified atom stereocenters. The molecule has 0 bridgehead atoms. The van der Waals surface area contributed by atoms with E-state index in [1.54, 1.807) is 0 Å². The summed E-state index contributed by atoms with van der Waals surface area (Å²) in [6, 6.07) is 0. The van der Waals surface area contributed by atoms with Crippen LogP contribution >= 0.6 is 0 Å². The fourth-order valence-corrected chi connectivity index (χ4v) is 3.77. The summed E-state index contributed by atoms with van der Waals surface area (Å²) in [6.07, 6.45) is 4.31. The zero-order chi connectivity index (χ0) is 11.9. The van der Waals surface area contributed by atoms with E-state index in [9.17, 15) is 4.79 Å². The Kier molecular flexibility index (Phi) is 3.23. The van der Waals surface area contributed by atoms with Crippen molar-refractivity contribution in [2.75, 3.05) is 0 Å². The molecule has 2 aliphatic carbocycles. The number of carbonyl (C=O) groups is 1. The van der Waals surface area contributed by atoms with E-state index in [0.29, 0.717) is 11.7 Å². The zero-order valence-corrected chi connectivity index (χ0v) is 10.8. The number of rotatable bonds is 1. The number of Topliss-reactive ketones (excluding diaryl/α,β-unsaturated/α-hetero) is 1. The molecule has 4 atom stereocenters. The van der Waals surface area contributed by atoms with E-state index in [0.717, 1.165) is 37.0 Å². The van der Waals surface area contributed by atoms with Gasteiger partial charge in [-0.3, -0.25) is 4.79 Å². The second-order valence-electron chi connectivity index (χ2n) is 6.18. The van der Waals surface area contributed by atoms with E-state index in [2.05, 4.69) is 27.4 Å². The van der Waals surface area contributed by atoms with E-state index >= 15 is 0 Å². The molecule has 2 saturated carbocycles. The van der Waals surface area contributed by atoms with Crippen molar-refractivity contribution in [3.05, 3.63) is 12.2 Å². The molecule has 0 aromatic carbocycles. The van der Waals surface area contributed by atoms with Crippen LogP contribution in [0.3, 0.4) is 0 Å². The van der Waals surface area contributed by atoms with Crippen molar-refractivity contribution in [1.82, 2.24) is 0 Å². The third kappa shape index (κ3) is 1.97. The number of hydrogen-bond acceptors (Lipinski definition) is 1. The second-order valence-corrected chi connectivity index (χ2v) is 6.18. The smallest absolute Gasteiger partial charge is 0.136 e. The van der Waals surface area contributed by atoms with Crippen LogP contribution in [0.5, 0.6) is 0 Å². The van der Waals surface area contributed by atoms with E-state index < -0.39 is 0 Å². The fraction of sp³-hybridized carbons (Fsp3) is 0.800. The third-order valence-corrected chi connectivity index (χ3v) is 4.84. The van der Waals surface area contributed by atoms with Gasteiger partial charge >= 0.3 is 0 Å². The van der Waals surface area contributed by atoms with Gasteiger partial charge in [-0.15, -0.1) is 0 Å². The summed E-state index contributed by atoms with van der Waals surface area (Å²) in [5, 5.41) is 0. The highest BCUT2D eigenvalue weighted by molar-refractivity contribution is 5.82. The minimum atomic E-state index is 0.286. The first kappa shape index (κ1) is 11.9. The highest BCUT2D eigenvalue weighted by Crippen LogP contribution is 2.48. The van der Waals surface area contributed by atoms with Gasteiger partial charge in [0, 0.05) is 12.3 Å². The van der Waals surface area contributed by atoms with Gasteiger partial charge in [-0.05, 0) is 42.9 Å². The standard InChI is InChI=1S/C15H24O/c1-9(2)12-6-5-10(3)13-8-15(16)11(4)7-14(12)13/h9,11-14H,3,5-8H2,1-2,4H3. The van der Waals surface area contributed by atoms with Crippen LogP contribution in [0.25, 0.3) is 0 Å². The third-order valence-electron chi connectivity index (χ3n) is 4.84. The Hall–Kier alpha value is -0.590. The molecule has 90 valence electrons. The van der Waals surface area contributed by atoms with Crippen LogP contribution in [0.15, 0.2) is 12.2 Å². The Bertz CT molecular complexity index is 303. The Balaban J connectivity index is 2.20. The summed E-state index contributed by atoms with van der Waals surface area (Å²) in [4.78, 5) is 11.8. The molecule has 0 spiro atoms. The second kappa shape index (κ2) is 4.35. The van der Waals surface area contributed by atoms with Gasteiger partial charge in [0.15, 0.2) is 0 Å². The van der Waals surface area contributed by atoms with Crippen LogP contribution in [0.1, 0.15) is 46.5 Å². The highest BCUT2D eigenvalue weighted by Gasteiger charge is 2.42. The quantitative estimate of drug-likeness (QED) is 0.614. The Morgan fingerprint density at radius 2 is 2.06 bits per heavy atom. The fourth-order valence-electron chi connectivity index (χ4n) is 3.77. The SMILES string of the molecule is C=C1CCC(C(C)C)C2CC(C)C(=O)CC12. The Morgan fingerprint density at radius 1 is 1.38 bits per heavy atom. The van der Waals surface area contributed by atoms with E-state index in [-0.39, 0.29) is 5.92 Å². The first-order valence-electron chi connectivity index (χ1n) is 6.71. The van der Waals surface area contributed by atoms with E-state index in [4.69, 9.17) is 0 Å². The van der Waals surface area contributed by atoms with Crippen molar-refractivity contribution in [3.63, 3.8) is 0 Å². The number of fused-ring (bicyclic) bond motifs is 1. The molecule has 1 nitrogen and oxygen atoms in total. The van der Waals surface area contributed by atoms with Crippen LogP contribution < -0.4 is 0 Å². The number of ketones is 1. The summed E-state index contributed by atoms with van der Waals surface area (Å²) in [5.74, 6) is 3.55. The topological polar surface area (TPSA) is 17.1 Å². The molecular weight excluding hydrogens is 196 g/mol. The van der Waals surface area contributed by atoms with Gasteiger partial charge in [-0.1, -0.05) is 32.9 Å². The minimum absolute atomic E-state index is 0.286. The molecule has 0 aromatic heterocycles. The molecule has 0 aliphatic heterocycles. The molecule has 0 N–H and O–H groups in total. The van der Waals surface area contributed by atoms with Crippen LogP contribution in [-0.4, -0.2) is 5.78 Å². The van der Waals surface area contributed by atoms with Crippen molar-refractivity contribution in [1.29, 1.82) is 0 Å². The molecule has 2 aliphatic rings. The van der Waals surface area contributed by atoms with Crippen molar-refractivity contribution in [2.24, 2.45) is 29.6 Å². The van der Waals surface area contributed by atoms with E-state index in [1.165, 1.54) is 12.0 Å². The maximum absolute atomic E-state index is 11.8. The number of allylic oxidation sites excluding steroid dienone is 1. The largest absolute Gasteiger partial charge is 0.299 e. The lowest BCUT2D eigenvalue weighted by atomic mass is 9.59. The zero-order valence-electron chi connectivity index (χ0n) is 10.8. The van der Waals surface area contributed by atoms with Crippen LogP contribution in [-0.2, 0) is 4.79 Å². The van der Waals surface area contributed by atoms with Gasteiger partial charge in [0.05, 0.1) is 0 Å². The average Bonchev–Trinajstić information content (AvgIpc) is 2.21. The first-order chi connectivity index (χ1) is 7.50.